The van der Waals surface area contributed by atoms with Gasteiger partial charge in [-0.25, -0.2) is 14.1 Å². The zero-order valence-electron chi connectivity index (χ0n) is 16.2. The number of nitrogens with two attached hydrogens (primary N) is 1. The van der Waals surface area contributed by atoms with E-state index >= 15 is 0 Å². The van der Waals surface area contributed by atoms with Crippen molar-refractivity contribution in [3.8, 4) is 16.9 Å². The molecule has 0 spiro atoms. The Labute approximate surface area is 167 Å². The molecule has 0 atom stereocenters. The van der Waals surface area contributed by atoms with E-state index in [4.69, 9.17) is 10.5 Å². The number of anilines is 2. The highest BCUT2D eigenvalue weighted by molar-refractivity contribution is 5.99. The van der Waals surface area contributed by atoms with E-state index in [1.165, 1.54) is 16.8 Å². The van der Waals surface area contributed by atoms with Crippen LogP contribution in [0, 0.1) is 12.7 Å². The summed E-state index contributed by atoms with van der Waals surface area (Å²) < 4.78 is 20.3. The van der Waals surface area contributed by atoms with E-state index in [-0.39, 0.29) is 5.82 Å². The van der Waals surface area contributed by atoms with Gasteiger partial charge in [0.1, 0.15) is 11.6 Å². The molecule has 0 fully saturated rings. The number of nitrogens with one attached hydrogen (secondary N) is 1. The molecule has 148 valence electrons. The van der Waals surface area contributed by atoms with Crippen LogP contribution < -0.4 is 11.1 Å². The second kappa shape index (κ2) is 7.84. The molecule has 0 aliphatic rings. The lowest BCUT2D eigenvalue weighted by molar-refractivity contribution is 0.210. The summed E-state index contributed by atoms with van der Waals surface area (Å²) in [5, 5.41) is 8.29. The molecule has 0 saturated carbocycles. The second-order valence-electron chi connectivity index (χ2n) is 6.66. The van der Waals surface area contributed by atoms with E-state index < -0.39 is 0 Å². The average molecular weight is 392 g/mol. The average Bonchev–Trinajstić information content (AvgIpc) is 3.04. The molecular weight excluding hydrogens is 371 g/mol. The number of fused-ring (bicyclic) bond motifs is 1. The smallest absolute Gasteiger partial charge is 0.225 e. The molecule has 29 heavy (non-hydrogen) atoms. The van der Waals surface area contributed by atoms with Crippen LogP contribution in [0.5, 0.6) is 0 Å². The van der Waals surface area contributed by atoms with Crippen molar-refractivity contribution in [3.05, 3.63) is 59.9 Å². The normalized spacial score (nSPS) is 11.1. The van der Waals surface area contributed by atoms with Crippen LogP contribution in [0.3, 0.4) is 0 Å². The molecule has 0 saturated heterocycles. The number of hydrogen-bond acceptors (Lipinski definition) is 6. The van der Waals surface area contributed by atoms with Crippen LogP contribution in [0.4, 0.5) is 16.2 Å². The number of hydrogen-bond donors (Lipinski definition) is 2. The van der Waals surface area contributed by atoms with Crippen molar-refractivity contribution < 1.29 is 9.13 Å². The van der Waals surface area contributed by atoms with Crippen LogP contribution in [-0.4, -0.2) is 40.0 Å². The largest absolute Gasteiger partial charge is 0.383 e. The Morgan fingerprint density at radius 2 is 1.97 bits per heavy atom. The quantitative estimate of drug-likeness (QED) is 0.488. The summed E-state index contributed by atoms with van der Waals surface area (Å²) in [5.41, 5.74) is 10.0. The van der Waals surface area contributed by atoms with Gasteiger partial charge in [0.25, 0.3) is 0 Å². The van der Waals surface area contributed by atoms with Crippen molar-refractivity contribution in [1.29, 1.82) is 0 Å². The molecule has 0 bridgehead atoms. The zero-order valence-corrected chi connectivity index (χ0v) is 16.2. The highest BCUT2D eigenvalue weighted by atomic mass is 19.1. The van der Waals surface area contributed by atoms with Gasteiger partial charge in [0, 0.05) is 19.2 Å². The van der Waals surface area contributed by atoms with Gasteiger partial charge in [-0.2, -0.15) is 4.98 Å². The van der Waals surface area contributed by atoms with Crippen molar-refractivity contribution in [1.82, 2.24) is 19.7 Å². The zero-order chi connectivity index (χ0) is 20.4. The van der Waals surface area contributed by atoms with E-state index in [2.05, 4.69) is 20.4 Å². The molecule has 0 unspecified atom stereocenters. The second-order valence-corrected chi connectivity index (χ2v) is 6.66. The highest BCUT2D eigenvalue weighted by Gasteiger charge is 2.19. The molecule has 0 aliphatic carbocycles. The summed E-state index contributed by atoms with van der Waals surface area (Å²) in [6.07, 6.45) is 0. The van der Waals surface area contributed by atoms with Crippen molar-refractivity contribution in [2.75, 3.05) is 31.3 Å². The maximum Gasteiger partial charge on any atom is 0.225 e. The van der Waals surface area contributed by atoms with Gasteiger partial charge in [-0.05, 0) is 31.2 Å². The monoisotopic (exact) mass is 392 g/mol. The van der Waals surface area contributed by atoms with E-state index in [1.54, 1.807) is 19.2 Å². The molecule has 2 aromatic carbocycles. The van der Waals surface area contributed by atoms with Gasteiger partial charge in [0.2, 0.25) is 5.95 Å². The third-order valence-electron chi connectivity index (χ3n) is 4.50. The number of nitrogen functional groups attached to an aromatic ring is 1. The SMILES string of the molecule is COCCNc1nc(-c2cccc(C)c2)c2c(N)n(-c3cccc(F)c3)nc2n1. The molecule has 4 aromatic rings. The number of halogens is 1. The number of benzene rings is 2. The minimum atomic E-state index is -0.367. The minimum Gasteiger partial charge on any atom is -0.383 e. The number of rotatable bonds is 6. The maximum atomic E-state index is 13.7. The van der Waals surface area contributed by atoms with E-state index in [1.807, 2.05) is 31.2 Å². The molecule has 8 heteroatoms. The Bertz CT molecular complexity index is 1170. The first kappa shape index (κ1) is 18.8. The fourth-order valence-electron chi connectivity index (χ4n) is 3.16. The van der Waals surface area contributed by atoms with Crippen LogP contribution in [0.2, 0.25) is 0 Å². The predicted octanol–water partition coefficient (Wildman–Crippen LogP) is 3.57. The number of ether oxygens (including phenoxy) is 1. The van der Waals surface area contributed by atoms with Crippen LogP contribution in [0.25, 0.3) is 28.0 Å². The van der Waals surface area contributed by atoms with Crippen molar-refractivity contribution in [3.63, 3.8) is 0 Å². The molecular formula is C21H21FN6O. The van der Waals surface area contributed by atoms with Crippen LogP contribution in [0.15, 0.2) is 48.5 Å². The lowest BCUT2D eigenvalue weighted by Crippen LogP contribution is -2.10. The fourth-order valence-corrected chi connectivity index (χ4v) is 3.16. The number of aromatic nitrogens is 4. The first-order valence-electron chi connectivity index (χ1n) is 9.19. The van der Waals surface area contributed by atoms with Crippen molar-refractivity contribution in [2.24, 2.45) is 0 Å². The Kier molecular flexibility index (Phi) is 5.09. The number of nitrogens with zero attached hydrogens (tertiary/aromatic N) is 4. The van der Waals surface area contributed by atoms with Gasteiger partial charge in [0.15, 0.2) is 5.65 Å². The van der Waals surface area contributed by atoms with Crippen LogP contribution in [0.1, 0.15) is 5.56 Å². The summed E-state index contributed by atoms with van der Waals surface area (Å²) in [5.74, 6) is 0.411. The highest BCUT2D eigenvalue weighted by Crippen LogP contribution is 2.33. The van der Waals surface area contributed by atoms with Crippen molar-refractivity contribution in [2.45, 2.75) is 6.92 Å². The molecule has 3 N–H and O–H groups in total. The van der Waals surface area contributed by atoms with E-state index in [0.29, 0.717) is 47.3 Å². The molecule has 2 heterocycles. The summed E-state index contributed by atoms with van der Waals surface area (Å²) in [4.78, 5) is 9.19. The lowest BCUT2D eigenvalue weighted by Gasteiger charge is -2.09. The van der Waals surface area contributed by atoms with Crippen LogP contribution in [-0.2, 0) is 4.74 Å². The first-order chi connectivity index (χ1) is 14.1. The summed E-state index contributed by atoms with van der Waals surface area (Å²) in [6, 6.07) is 14.1. The number of aryl methyl sites for hydroxylation is 1. The topological polar surface area (TPSA) is 90.9 Å². The van der Waals surface area contributed by atoms with Crippen molar-refractivity contribution >= 4 is 22.8 Å². The summed E-state index contributed by atoms with van der Waals surface area (Å²) >= 11 is 0. The standard InChI is InChI=1S/C21H21FN6O/c1-13-5-3-6-14(11-13)18-17-19(23)28(16-8-4-7-15(22)12-16)27-20(17)26-21(25-18)24-9-10-29-2/h3-8,11-12H,9-10,23H2,1-2H3,(H,24,26,27). The van der Waals surface area contributed by atoms with Gasteiger partial charge in [-0.3, -0.25) is 0 Å². The Balaban J connectivity index is 1.92. The van der Waals surface area contributed by atoms with Gasteiger partial charge in [-0.15, -0.1) is 5.10 Å². The van der Waals surface area contributed by atoms with Gasteiger partial charge < -0.3 is 15.8 Å². The molecule has 0 radical (unpaired) electrons. The molecule has 4 rings (SSSR count). The fraction of sp³-hybridized carbons (Fsp3) is 0.190. The lowest BCUT2D eigenvalue weighted by atomic mass is 10.1. The maximum absolute atomic E-state index is 13.7. The Hall–Kier alpha value is -3.52. The first-order valence-corrected chi connectivity index (χ1v) is 9.19. The number of methoxy groups -OCH3 is 1. The third kappa shape index (κ3) is 3.74. The van der Waals surface area contributed by atoms with E-state index in [0.717, 1.165) is 11.1 Å². The Morgan fingerprint density at radius 1 is 1.14 bits per heavy atom. The van der Waals surface area contributed by atoms with Gasteiger partial charge in [0.05, 0.1) is 23.4 Å². The molecule has 2 aromatic heterocycles. The van der Waals surface area contributed by atoms with E-state index in [9.17, 15) is 4.39 Å². The summed E-state index contributed by atoms with van der Waals surface area (Å²) in [7, 11) is 1.63. The molecule has 7 nitrogen and oxygen atoms in total. The minimum absolute atomic E-state index is 0.352. The molecule has 0 aliphatic heterocycles. The Morgan fingerprint density at radius 3 is 2.72 bits per heavy atom. The van der Waals surface area contributed by atoms with Gasteiger partial charge in [-0.1, -0.05) is 29.8 Å². The van der Waals surface area contributed by atoms with Gasteiger partial charge >= 0.3 is 0 Å². The summed E-state index contributed by atoms with van der Waals surface area (Å²) in [6.45, 7) is 3.08. The third-order valence-corrected chi connectivity index (χ3v) is 4.50. The van der Waals surface area contributed by atoms with Crippen LogP contribution >= 0.6 is 0 Å². The molecule has 0 amide bonds. The predicted molar refractivity (Wildman–Crippen MR) is 112 cm³/mol.